The average Bonchev–Trinajstić information content (AvgIpc) is 2.45. The van der Waals surface area contributed by atoms with Crippen molar-refractivity contribution in [1.29, 1.82) is 0 Å². The maximum absolute atomic E-state index is 12.3. The Kier molecular flexibility index (Phi) is 4.78. The molecule has 0 unspecified atom stereocenters. The minimum atomic E-state index is -1.50. The predicted molar refractivity (Wildman–Crippen MR) is 82.2 cm³/mol. The van der Waals surface area contributed by atoms with Gasteiger partial charge in [0.15, 0.2) is 6.10 Å². The molecule has 2 atom stereocenters. The lowest BCUT2D eigenvalue weighted by Crippen LogP contribution is -2.43. The lowest BCUT2D eigenvalue weighted by molar-refractivity contribution is -0.158. The van der Waals surface area contributed by atoms with Gasteiger partial charge in [-0.2, -0.15) is 0 Å². The third kappa shape index (κ3) is 3.80. The molecule has 0 aromatic heterocycles. The molecule has 0 fully saturated rings. The number of hydrogen-bond acceptors (Lipinski definition) is 3. The Hall–Kier alpha value is -1.39. The first-order valence-electron chi connectivity index (χ1n) is 6.97. The lowest BCUT2D eigenvalue weighted by Gasteiger charge is -2.34. The van der Waals surface area contributed by atoms with Crippen molar-refractivity contribution in [2.24, 2.45) is 0 Å². The van der Waals surface area contributed by atoms with Gasteiger partial charge < -0.3 is 9.47 Å². The van der Waals surface area contributed by atoms with E-state index in [2.05, 4.69) is 25.7 Å². The Labute approximate surface area is 121 Å². The van der Waals surface area contributed by atoms with Crippen LogP contribution in [0.5, 0.6) is 0 Å². The van der Waals surface area contributed by atoms with Crippen LogP contribution in [-0.2, 0) is 20.9 Å². The quantitative estimate of drug-likeness (QED) is 0.484. The summed E-state index contributed by atoms with van der Waals surface area (Å²) in [4.78, 5) is 12.3. The van der Waals surface area contributed by atoms with Gasteiger partial charge in [0.25, 0.3) is 0 Å². The summed E-state index contributed by atoms with van der Waals surface area (Å²) in [6, 6.07) is 9.72. The number of ether oxygens (including phenoxy) is 2. The van der Waals surface area contributed by atoms with Gasteiger partial charge in [-0.15, -0.1) is 0 Å². The molecule has 1 aromatic rings. The second kappa shape index (κ2) is 6.37. The number of benzene rings is 1. The van der Waals surface area contributed by atoms with Gasteiger partial charge in [0.1, 0.15) is 6.61 Å². The summed E-state index contributed by atoms with van der Waals surface area (Å²) in [5, 5.41) is 0. The first-order chi connectivity index (χ1) is 9.48. The molecule has 20 heavy (non-hydrogen) atoms. The fourth-order valence-electron chi connectivity index (χ4n) is 2.33. The fourth-order valence-corrected chi connectivity index (χ4v) is 4.19. The molecule has 0 amide bonds. The summed E-state index contributed by atoms with van der Waals surface area (Å²) in [6.45, 7) is 7.53. The summed E-state index contributed by atoms with van der Waals surface area (Å²) >= 11 is 0. The molecule has 0 spiro atoms. The van der Waals surface area contributed by atoms with E-state index in [0.717, 1.165) is 5.56 Å². The summed E-state index contributed by atoms with van der Waals surface area (Å²) in [6.07, 6.45) is 3.68. The maximum atomic E-state index is 12.3. The van der Waals surface area contributed by atoms with E-state index in [1.165, 1.54) is 0 Å². The topological polar surface area (TPSA) is 35.5 Å². The number of rotatable bonds is 4. The van der Waals surface area contributed by atoms with Crippen LogP contribution in [0.3, 0.4) is 0 Å². The molecule has 0 saturated carbocycles. The molecule has 1 aromatic carbocycles. The van der Waals surface area contributed by atoms with Crippen LogP contribution in [0.15, 0.2) is 42.5 Å². The van der Waals surface area contributed by atoms with E-state index in [1.807, 2.05) is 36.4 Å². The van der Waals surface area contributed by atoms with Crippen LogP contribution in [0.2, 0.25) is 25.2 Å². The zero-order valence-corrected chi connectivity index (χ0v) is 13.3. The smallest absolute Gasteiger partial charge is 0.335 e. The molecular weight excluding hydrogens is 268 g/mol. The fraction of sp³-hybridized carbons (Fsp3) is 0.438. The van der Waals surface area contributed by atoms with Gasteiger partial charge >= 0.3 is 5.97 Å². The van der Waals surface area contributed by atoms with Gasteiger partial charge in [-0.1, -0.05) is 62.1 Å². The molecule has 0 bridgehead atoms. The summed E-state index contributed by atoms with van der Waals surface area (Å²) in [5.74, 6) is -0.245. The van der Waals surface area contributed by atoms with Crippen LogP contribution < -0.4 is 0 Å². The first-order valence-corrected chi connectivity index (χ1v) is 10.5. The Balaban J connectivity index is 1.99. The van der Waals surface area contributed by atoms with Crippen molar-refractivity contribution in [3.63, 3.8) is 0 Å². The molecule has 1 aliphatic heterocycles. The van der Waals surface area contributed by atoms with E-state index in [0.29, 0.717) is 13.2 Å². The number of carbonyl (C=O) groups is 1. The van der Waals surface area contributed by atoms with Gasteiger partial charge in [-0.05, 0) is 5.56 Å². The molecule has 0 radical (unpaired) electrons. The van der Waals surface area contributed by atoms with Gasteiger partial charge in [0.2, 0.25) is 0 Å². The van der Waals surface area contributed by atoms with Crippen LogP contribution in [-0.4, -0.2) is 26.8 Å². The van der Waals surface area contributed by atoms with E-state index in [9.17, 15) is 4.79 Å². The summed E-state index contributed by atoms with van der Waals surface area (Å²) < 4.78 is 11.1. The molecule has 0 saturated heterocycles. The zero-order valence-electron chi connectivity index (χ0n) is 12.3. The van der Waals surface area contributed by atoms with Gasteiger partial charge in [-0.3, -0.25) is 0 Å². The third-order valence-electron chi connectivity index (χ3n) is 3.50. The van der Waals surface area contributed by atoms with Crippen molar-refractivity contribution < 1.29 is 14.3 Å². The first kappa shape index (κ1) is 15.0. The maximum Gasteiger partial charge on any atom is 0.335 e. The Morgan fingerprint density at radius 2 is 2.00 bits per heavy atom. The van der Waals surface area contributed by atoms with E-state index in [4.69, 9.17) is 9.47 Å². The molecule has 4 heteroatoms. The molecular formula is C16H22O3Si. The zero-order chi connectivity index (χ0) is 14.6. The Morgan fingerprint density at radius 3 is 2.65 bits per heavy atom. The number of esters is 1. The Bertz CT molecular complexity index is 476. The highest BCUT2D eigenvalue weighted by atomic mass is 28.3. The number of hydrogen-bond donors (Lipinski definition) is 0. The van der Waals surface area contributed by atoms with Crippen molar-refractivity contribution >= 4 is 14.0 Å². The normalized spacial score (nSPS) is 22.6. The van der Waals surface area contributed by atoms with Crippen molar-refractivity contribution in [2.75, 3.05) is 6.61 Å². The minimum Gasteiger partial charge on any atom is -0.459 e. The van der Waals surface area contributed by atoms with Crippen LogP contribution >= 0.6 is 0 Å². The van der Waals surface area contributed by atoms with Crippen LogP contribution in [0, 0.1) is 0 Å². The Morgan fingerprint density at radius 1 is 1.30 bits per heavy atom. The van der Waals surface area contributed by atoms with Gasteiger partial charge in [0.05, 0.1) is 14.7 Å². The largest absolute Gasteiger partial charge is 0.459 e. The molecule has 1 aliphatic rings. The van der Waals surface area contributed by atoms with Crippen molar-refractivity contribution in [1.82, 2.24) is 0 Å². The van der Waals surface area contributed by atoms with Crippen molar-refractivity contribution in [2.45, 2.75) is 37.9 Å². The molecule has 1 heterocycles. The van der Waals surface area contributed by atoms with Crippen molar-refractivity contribution in [3.05, 3.63) is 48.0 Å². The van der Waals surface area contributed by atoms with Crippen LogP contribution in [0.4, 0.5) is 0 Å². The second-order valence-corrected chi connectivity index (χ2v) is 11.6. The second-order valence-electron chi connectivity index (χ2n) is 6.17. The third-order valence-corrected chi connectivity index (χ3v) is 5.99. The predicted octanol–water partition coefficient (Wildman–Crippen LogP) is 3.39. The molecule has 0 aliphatic carbocycles. The van der Waals surface area contributed by atoms with E-state index >= 15 is 0 Å². The minimum absolute atomic E-state index is 0.180. The van der Waals surface area contributed by atoms with Gasteiger partial charge in [-0.25, -0.2) is 4.79 Å². The summed E-state index contributed by atoms with van der Waals surface area (Å²) in [5.41, 5.74) is 1.18. The monoisotopic (exact) mass is 290 g/mol. The summed E-state index contributed by atoms with van der Waals surface area (Å²) in [7, 11) is -1.50. The molecule has 2 rings (SSSR count). The highest BCUT2D eigenvalue weighted by Gasteiger charge is 2.39. The van der Waals surface area contributed by atoms with E-state index < -0.39 is 14.2 Å². The van der Waals surface area contributed by atoms with Crippen molar-refractivity contribution in [3.8, 4) is 0 Å². The highest BCUT2D eigenvalue weighted by molar-refractivity contribution is 6.78. The van der Waals surface area contributed by atoms with Crippen LogP contribution in [0.25, 0.3) is 0 Å². The van der Waals surface area contributed by atoms with E-state index in [-0.39, 0.29) is 11.5 Å². The molecule has 3 nitrogen and oxygen atoms in total. The van der Waals surface area contributed by atoms with Gasteiger partial charge in [0, 0.05) is 5.54 Å². The molecule has 108 valence electrons. The number of carbonyl (C=O) groups excluding carboxylic acids is 1. The lowest BCUT2D eigenvalue weighted by atomic mass is 10.2. The molecule has 0 N–H and O–H groups in total. The van der Waals surface area contributed by atoms with E-state index in [1.54, 1.807) is 0 Å². The SMILES string of the molecule is C[Si](C)(C)[C@@H]1C=CCO[C@@H]1C(=O)OCc1ccccc1. The average molecular weight is 290 g/mol. The van der Waals surface area contributed by atoms with Crippen LogP contribution in [0.1, 0.15) is 5.56 Å². The standard InChI is InChI=1S/C16H22O3Si/c1-20(2,3)14-10-7-11-18-15(14)16(17)19-12-13-8-5-4-6-9-13/h4-10,14-15H,11-12H2,1-3H3/t14-,15+/m1/s1. The highest BCUT2D eigenvalue weighted by Crippen LogP contribution is 2.32.